The summed E-state index contributed by atoms with van der Waals surface area (Å²) in [6.45, 7) is 2.95. The van der Waals surface area contributed by atoms with Crippen molar-refractivity contribution < 1.29 is 0 Å². The van der Waals surface area contributed by atoms with Gasteiger partial charge in [0.1, 0.15) is 5.82 Å². The van der Waals surface area contributed by atoms with Crippen LogP contribution in [-0.4, -0.2) is 4.98 Å². The average Bonchev–Trinajstić information content (AvgIpc) is 2.52. The first-order valence-corrected chi connectivity index (χ1v) is 7.15. The molecule has 0 fully saturated rings. The Bertz CT molecular complexity index is 752. The molecule has 3 aromatic rings. The molecular weight excluding hydrogens is 258 g/mol. The summed E-state index contributed by atoms with van der Waals surface area (Å²) in [4.78, 5) is 4.01. The number of pyridine rings is 1. The monoisotopic (exact) mass is 277 g/mol. The number of nitrogens with zero attached hydrogens (tertiary/aromatic N) is 1. The number of hydrogen-bond donors (Lipinski definition) is 2. The number of nitrogens with one attached hydrogen (secondary N) is 1. The van der Waals surface area contributed by atoms with E-state index in [4.69, 9.17) is 5.73 Å². The lowest BCUT2D eigenvalue weighted by molar-refractivity contribution is 0.575. The summed E-state index contributed by atoms with van der Waals surface area (Å²) in [5.41, 5.74) is 8.14. The molecule has 0 aliphatic heterocycles. The Labute approximate surface area is 124 Å². The second-order valence-corrected chi connectivity index (χ2v) is 5.30. The zero-order chi connectivity index (χ0) is 14.7. The van der Waals surface area contributed by atoms with Crippen molar-refractivity contribution in [1.29, 1.82) is 0 Å². The van der Waals surface area contributed by atoms with E-state index in [1.54, 1.807) is 6.20 Å². The number of hydrogen-bond acceptors (Lipinski definition) is 3. The molecule has 0 bridgehead atoms. The summed E-state index contributed by atoms with van der Waals surface area (Å²) >= 11 is 0. The van der Waals surface area contributed by atoms with Crippen LogP contribution in [0.5, 0.6) is 0 Å². The Morgan fingerprint density at radius 1 is 1.05 bits per heavy atom. The summed E-state index contributed by atoms with van der Waals surface area (Å²) in [6, 6.07) is 19.2. The molecule has 0 aliphatic carbocycles. The smallest absolute Gasteiger partial charge is 0.123 e. The Morgan fingerprint density at radius 2 is 1.86 bits per heavy atom. The van der Waals surface area contributed by atoms with Gasteiger partial charge in [0, 0.05) is 18.8 Å². The molecule has 0 amide bonds. The Kier molecular flexibility index (Phi) is 3.84. The maximum absolute atomic E-state index is 5.70. The number of benzene rings is 2. The molecule has 0 radical (unpaired) electrons. The molecule has 3 heteroatoms. The number of fused-ring (bicyclic) bond motifs is 1. The van der Waals surface area contributed by atoms with Crippen molar-refractivity contribution in [3.63, 3.8) is 0 Å². The second-order valence-electron chi connectivity index (χ2n) is 5.30. The first kappa shape index (κ1) is 13.6. The van der Waals surface area contributed by atoms with Crippen LogP contribution < -0.4 is 11.1 Å². The highest BCUT2D eigenvalue weighted by molar-refractivity contribution is 5.83. The summed E-state index contributed by atoms with van der Waals surface area (Å²) in [7, 11) is 0. The largest absolute Gasteiger partial charge is 0.384 e. The molecule has 1 atom stereocenters. The molecule has 1 heterocycles. The molecule has 0 saturated heterocycles. The van der Waals surface area contributed by atoms with Gasteiger partial charge in [-0.15, -0.1) is 0 Å². The number of nitrogen functional groups attached to an aromatic ring is 1. The molecule has 1 aromatic heterocycles. The van der Waals surface area contributed by atoms with E-state index in [1.165, 1.54) is 16.3 Å². The highest BCUT2D eigenvalue weighted by atomic mass is 14.9. The van der Waals surface area contributed by atoms with Crippen LogP contribution in [-0.2, 0) is 6.54 Å². The van der Waals surface area contributed by atoms with Gasteiger partial charge in [-0.25, -0.2) is 4.98 Å². The average molecular weight is 277 g/mol. The number of aromatic nitrogens is 1. The molecule has 106 valence electrons. The van der Waals surface area contributed by atoms with Gasteiger partial charge in [0.05, 0.1) is 0 Å². The Morgan fingerprint density at radius 3 is 2.67 bits per heavy atom. The topological polar surface area (TPSA) is 50.9 Å². The number of nitrogens with two attached hydrogens (primary N) is 1. The zero-order valence-electron chi connectivity index (χ0n) is 12.1. The van der Waals surface area contributed by atoms with Gasteiger partial charge in [-0.3, -0.25) is 0 Å². The molecule has 0 aliphatic rings. The minimum atomic E-state index is 0.281. The van der Waals surface area contributed by atoms with Crippen LogP contribution in [0.15, 0.2) is 60.8 Å². The fourth-order valence-electron chi connectivity index (χ4n) is 2.47. The summed E-state index contributed by atoms with van der Waals surface area (Å²) in [6.07, 6.45) is 1.74. The van der Waals surface area contributed by atoms with E-state index in [0.29, 0.717) is 5.82 Å². The third kappa shape index (κ3) is 3.20. The van der Waals surface area contributed by atoms with Gasteiger partial charge in [-0.05, 0) is 47.0 Å². The SMILES string of the molecule is C[C@H](NCc1ccnc(N)c1)c1ccc2ccccc2c1. The van der Waals surface area contributed by atoms with Gasteiger partial charge in [-0.1, -0.05) is 36.4 Å². The quantitative estimate of drug-likeness (QED) is 0.765. The predicted molar refractivity (Wildman–Crippen MR) is 87.9 cm³/mol. The van der Waals surface area contributed by atoms with E-state index in [1.807, 2.05) is 12.1 Å². The van der Waals surface area contributed by atoms with E-state index >= 15 is 0 Å². The molecule has 0 saturated carbocycles. The summed E-state index contributed by atoms with van der Waals surface area (Å²) < 4.78 is 0. The van der Waals surface area contributed by atoms with Crippen LogP contribution in [0.1, 0.15) is 24.1 Å². The standard InChI is InChI=1S/C18H19N3/c1-13(21-12-14-8-9-20-18(19)10-14)16-7-6-15-4-2-3-5-17(15)11-16/h2-11,13,21H,12H2,1H3,(H2,19,20)/t13-/m0/s1. The molecule has 3 N–H and O–H groups in total. The predicted octanol–water partition coefficient (Wildman–Crippen LogP) is 3.67. The maximum Gasteiger partial charge on any atom is 0.123 e. The highest BCUT2D eigenvalue weighted by Gasteiger charge is 2.06. The lowest BCUT2D eigenvalue weighted by Crippen LogP contribution is -2.18. The molecule has 3 rings (SSSR count). The molecular formula is C18H19N3. The fourth-order valence-corrected chi connectivity index (χ4v) is 2.47. The number of anilines is 1. The van der Waals surface area contributed by atoms with E-state index in [9.17, 15) is 0 Å². The van der Waals surface area contributed by atoms with E-state index in [2.05, 4.69) is 59.7 Å². The van der Waals surface area contributed by atoms with Crippen molar-refractivity contribution in [2.24, 2.45) is 0 Å². The third-order valence-electron chi connectivity index (χ3n) is 3.73. The first-order chi connectivity index (χ1) is 10.2. The van der Waals surface area contributed by atoms with Crippen molar-refractivity contribution >= 4 is 16.6 Å². The van der Waals surface area contributed by atoms with Crippen LogP contribution in [0.3, 0.4) is 0 Å². The summed E-state index contributed by atoms with van der Waals surface area (Å²) in [5.74, 6) is 0.563. The third-order valence-corrected chi connectivity index (χ3v) is 3.73. The molecule has 0 spiro atoms. The Balaban J connectivity index is 1.73. The van der Waals surface area contributed by atoms with Crippen molar-refractivity contribution in [1.82, 2.24) is 10.3 Å². The van der Waals surface area contributed by atoms with Gasteiger partial charge >= 0.3 is 0 Å². The van der Waals surface area contributed by atoms with Gasteiger partial charge in [0.25, 0.3) is 0 Å². The zero-order valence-corrected chi connectivity index (χ0v) is 12.1. The van der Waals surface area contributed by atoms with Crippen LogP contribution >= 0.6 is 0 Å². The van der Waals surface area contributed by atoms with Gasteiger partial charge < -0.3 is 11.1 Å². The maximum atomic E-state index is 5.70. The minimum absolute atomic E-state index is 0.281. The summed E-state index contributed by atoms with van der Waals surface area (Å²) in [5, 5.41) is 6.07. The van der Waals surface area contributed by atoms with Gasteiger partial charge in [0.2, 0.25) is 0 Å². The van der Waals surface area contributed by atoms with Crippen molar-refractivity contribution in [2.75, 3.05) is 5.73 Å². The molecule has 2 aromatic carbocycles. The van der Waals surface area contributed by atoms with Crippen molar-refractivity contribution in [3.05, 3.63) is 71.9 Å². The highest BCUT2D eigenvalue weighted by Crippen LogP contribution is 2.20. The first-order valence-electron chi connectivity index (χ1n) is 7.15. The minimum Gasteiger partial charge on any atom is -0.384 e. The van der Waals surface area contributed by atoms with Crippen LogP contribution in [0.4, 0.5) is 5.82 Å². The van der Waals surface area contributed by atoms with E-state index < -0.39 is 0 Å². The van der Waals surface area contributed by atoms with Crippen LogP contribution in [0, 0.1) is 0 Å². The lowest BCUT2D eigenvalue weighted by Gasteiger charge is -2.15. The fraction of sp³-hybridized carbons (Fsp3) is 0.167. The van der Waals surface area contributed by atoms with Crippen LogP contribution in [0.2, 0.25) is 0 Å². The van der Waals surface area contributed by atoms with E-state index in [-0.39, 0.29) is 6.04 Å². The Hall–Kier alpha value is -2.39. The van der Waals surface area contributed by atoms with Crippen molar-refractivity contribution in [3.8, 4) is 0 Å². The molecule has 21 heavy (non-hydrogen) atoms. The molecule has 3 nitrogen and oxygen atoms in total. The second kappa shape index (κ2) is 5.94. The number of rotatable bonds is 4. The molecule has 0 unspecified atom stereocenters. The lowest BCUT2D eigenvalue weighted by atomic mass is 10.0. The van der Waals surface area contributed by atoms with E-state index in [0.717, 1.165) is 12.1 Å². The van der Waals surface area contributed by atoms with Crippen LogP contribution in [0.25, 0.3) is 10.8 Å². The van der Waals surface area contributed by atoms with Gasteiger partial charge in [0.15, 0.2) is 0 Å². The van der Waals surface area contributed by atoms with Gasteiger partial charge in [-0.2, -0.15) is 0 Å². The van der Waals surface area contributed by atoms with Crippen molar-refractivity contribution in [2.45, 2.75) is 19.5 Å². The normalized spacial score (nSPS) is 12.4.